The molecule has 0 bridgehead atoms. The fourth-order valence-electron chi connectivity index (χ4n) is 2.98. The summed E-state index contributed by atoms with van der Waals surface area (Å²) in [5.41, 5.74) is 0.190. The van der Waals surface area contributed by atoms with E-state index in [0.717, 1.165) is 43.9 Å². The Labute approximate surface area is 169 Å². The van der Waals surface area contributed by atoms with Crippen molar-refractivity contribution in [3.8, 4) is 0 Å². The average Bonchev–Trinajstić information content (AvgIpc) is 2.94. The molecule has 10 heteroatoms. The van der Waals surface area contributed by atoms with Crippen LogP contribution in [0.1, 0.15) is 25.7 Å². The van der Waals surface area contributed by atoms with E-state index in [1.54, 1.807) is 0 Å². The minimum absolute atomic E-state index is 0.113. The maximum Gasteiger partial charge on any atom is 0.261 e. The maximum atomic E-state index is 13.2. The minimum atomic E-state index is -3.99. The second-order valence-corrected chi connectivity index (χ2v) is 10.6. The lowest BCUT2D eigenvalue weighted by molar-refractivity contribution is 0.424. The van der Waals surface area contributed by atoms with Gasteiger partial charge in [0.15, 0.2) is 0 Å². The minimum Gasteiger partial charge on any atom is -0.280 e. The van der Waals surface area contributed by atoms with Crippen molar-refractivity contribution in [2.24, 2.45) is 0 Å². The standard InChI is InChI=1S/C18H20ClFN2O4S2/c19-17-13-16(9-10-18(17)20)27(23,24)21-14-5-7-15(8-6-14)28(25,26)22-11-3-1-2-4-12-22/h5-10,13,21H,1-4,11-12H2. The van der Waals surface area contributed by atoms with E-state index in [0.29, 0.717) is 13.1 Å². The number of sulfonamides is 2. The molecule has 0 unspecified atom stereocenters. The molecule has 1 aliphatic rings. The van der Waals surface area contributed by atoms with Crippen LogP contribution >= 0.6 is 11.6 Å². The molecule has 0 atom stereocenters. The average molecular weight is 447 g/mol. The number of anilines is 1. The smallest absolute Gasteiger partial charge is 0.261 e. The van der Waals surface area contributed by atoms with E-state index >= 15 is 0 Å². The summed E-state index contributed by atoms with van der Waals surface area (Å²) in [7, 11) is -7.60. The molecule has 2 aromatic carbocycles. The normalized spacial score (nSPS) is 16.5. The second kappa shape index (κ2) is 8.36. The van der Waals surface area contributed by atoms with Crippen LogP contribution in [0.25, 0.3) is 0 Å². The van der Waals surface area contributed by atoms with Crippen molar-refractivity contribution in [2.45, 2.75) is 35.5 Å². The molecule has 0 spiro atoms. The molecule has 1 saturated heterocycles. The van der Waals surface area contributed by atoms with Crippen molar-refractivity contribution >= 4 is 37.3 Å². The van der Waals surface area contributed by atoms with E-state index in [1.807, 2.05) is 0 Å². The molecule has 0 aromatic heterocycles. The highest BCUT2D eigenvalue weighted by Crippen LogP contribution is 2.24. The van der Waals surface area contributed by atoms with Gasteiger partial charge >= 0.3 is 0 Å². The molecule has 6 nitrogen and oxygen atoms in total. The van der Waals surface area contributed by atoms with E-state index in [-0.39, 0.29) is 20.5 Å². The van der Waals surface area contributed by atoms with Crippen LogP contribution in [0.5, 0.6) is 0 Å². The van der Waals surface area contributed by atoms with Gasteiger partial charge in [0.1, 0.15) is 5.82 Å². The summed E-state index contributed by atoms with van der Waals surface area (Å²) in [6.45, 7) is 0.976. The highest BCUT2D eigenvalue weighted by molar-refractivity contribution is 7.92. The molecule has 152 valence electrons. The number of rotatable bonds is 5. The first-order chi connectivity index (χ1) is 13.2. The van der Waals surface area contributed by atoms with Gasteiger partial charge in [0, 0.05) is 18.8 Å². The third kappa shape index (κ3) is 4.65. The zero-order chi connectivity index (χ0) is 20.4. The Hall–Kier alpha value is -1.68. The summed E-state index contributed by atoms with van der Waals surface area (Å²) in [5, 5.41) is -0.304. The summed E-state index contributed by atoms with van der Waals surface area (Å²) in [5.74, 6) is -0.719. The van der Waals surface area contributed by atoms with Crippen LogP contribution in [0.2, 0.25) is 5.02 Å². The highest BCUT2D eigenvalue weighted by Gasteiger charge is 2.25. The molecular weight excluding hydrogens is 427 g/mol. The third-order valence-electron chi connectivity index (χ3n) is 4.51. The predicted molar refractivity (Wildman–Crippen MR) is 106 cm³/mol. The van der Waals surface area contributed by atoms with E-state index in [4.69, 9.17) is 11.6 Å². The molecule has 0 amide bonds. The highest BCUT2D eigenvalue weighted by atomic mass is 35.5. The van der Waals surface area contributed by atoms with E-state index in [2.05, 4.69) is 4.72 Å². The van der Waals surface area contributed by atoms with Gasteiger partial charge in [-0.05, 0) is 55.3 Å². The summed E-state index contributed by atoms with van der Waals surface area (Å²) in [4.78, 5) is -0.0812. The number of hydrogen-bond acceptors (Lipinski definition) is 4. The lowest BCUT2D eigenvalue weighted by Crippen LogP contribution is -2.31. The van der Waals surface area contributed by atoms with Crippen molar-refractivity contribution in [2.75, 3.05) is 17.8 Å². The van der Waals surface area contributed by atoms with Gasteiger partial charge in [-0.1, -0.05) is 24.4 Å². The van der Waals surface area contributed by atoms with Gasteiger partial charge in [-0.3, -0.25) is 4.72 Å². The van der Waals surface area contributed by atoms with Gasteiger partial charge in [0.2, 0.25) is 10.0 Å². The molecule has 2 aromatic rings. The Morgan fingerprint density at radius 2 is 1.43 bits per heavy atom. The Morgan fingerprint density at radius 1 is 0.857 bits per heavy atom. The fraction of sp³-hybridized carbons (Fsp3) is 0.333. The van der Waals surface area contributed by atoms with Gasteiger partial charge in [0.25, 0.3) is 10.0 Å². The molecule has 1 fully saturated rings. The summed E-state index contributed by atoms with van der Waals surface area (Å²) in [6, 6.07) is 8.58. The molecular formula is C18H20ClFN2O4S2. The number of nitrogens with zero attached hydrogens (tertiary/aromatic N) is 1. The van der Waals surface area contributed by atoms with E-state index in [9.17, 15) is 21.2 Å². The number of benzene rings is 2. The van der Waals surface area contributed by atoms with E-state index in [1.165, 1.54) is 28.6 Å². The van der Waals surface area contributed by atoms with Crippen molar-refractivity contribution in [3.63, 3.8) is 0 Å². The van der Waals surface area contributed by atoms with Crippen molar-refractivity contribution in [3.05, 3.63) is 53.3 Å². The lowest BCUT2D eigenvalue weighted by Gasteiger charge is -2.20. The van der Waals surface area contributed by atoms with Crippen LogP contribution < -0.4 is 4.72 Å². The SMILES string of the molecule is O=S(=O)(Nc1ccc(S(=O)(=O)N2CCCCCC2)cc1)c1ccc(F)c(Cl)c1. The number of nitrogens with one attached hydrogen (secondary N) is 1. The van der Waals surface area contributed by atoms with Gasteiger partial charge < -0.3 is 0 Å². The summed E-state index contributed by atoms with van der Waals surface area (Å²) < 4.78 is 67.4. The molecule has 28 heavy (non-hydrogen) atoms. The monoisotopic (exact) mass is 446 g/mol. The maximum absolute atomic E-state index is 13.2. The zero-order valence-electron chi connectivity index (χ0n) is 14.9. The van der Waals surface area contributed by atoms with Crippen molar-refractivity contribution in [1.29, 1.82) is 0 Å². The van der Waals surface area contributed by atoms with Crippen LogP contribution in [-0.4, -0.2) is 34.2 Å². The summed E-state index contributed by atoms with van der Waals surface area (Å²) >= 11 is 5.64. The van der Waals surface area contributed by atoms with Crippen molar-refractivity contribution < 1.29 is 21.2 Å². The van der Waals surface area contributed by atoms with Crippen LogP contribution in [-0.2, 0) is 20.0 Å². The Balaban J connectivity index is 1.79. The van der Waals surface area contributed by atoms with Gasteiger partial charge in [-0.25, -0.2) is 21.2 Å². The third-order valence-corrected chi connectivity index (χ3v) is 8.09. The molecule has 1 heterocycles. The van der Waals surface area contributed by atoms with Crippen LogP contribution in [0.15, 0.2) is 52.3 Å². The van der Waals surface area contributed by atoms with Gasteiger partial charge in [-0.15, -0.1) is 0 Å². The van der Waals surface area contributed by atoms with Gasteiger partial charge in [0.05, 0.1) is 14.8 Å². The second-order valence-electron chi connectivity index (χ2n) is 6.52. The summed E-state index contributed by atoms with van der Waals surface area (Å²) in [6.07, 6.45) is 3.69. The first-order valence-electron chi connectivity index (χ1n) is 8.78. The molecule has 0 radical (unpaired) electrons. The Bertz CT molecular complexity index is 1050. The predicted octanol–water partition coefficient (Wildman–Crippen LogP) is 3.84. The quantitative estimate of drug-likeness (QED) is 0.756. The molecule has 3 rings (SSSR count). The Morgan fingerprint density at radius 3 is 2.00 bits per heavy atom. The van der Waals surface area contributed by atoms with Crippen LogP contribution in [0.3, 0.4) is 0 Å². The van der Waals surface area contributed by atoms with Gasteiger partial charge in [-0.2, -0.15) is 4.31 Å². The zero-order valence-corrected chi connectivity index (χ0v) is 17.3. The van der Waals surface area contributed by atoms with Crippen LogP contribution in [0, 0.1) is 5.82 Å². The Kier molecular flexibility index (Phi) is 6.28. The van der Waals surface area contributed by atoms with Crippen LogP contribution in [0.4, 0.5) is 10.1 Å². The fourth-order valence-corrected chi connectivity index (χ4v) is 5.83. The van der Waals surface area contributed by atoms with E-state index < -0.39 is 25.9 Å². The van der Waals surface area contributed by atoms with Crippen molar-refractivity contribution in [1.82, 2.24) is 4.31 Å². The lowest BCUT2D eigenvalue weighted by atomic mass is 10.2. The molecule has 0 saturated carbocycles. The topological polar surface area (TPSA) is 83.5 Å². The number of halogens is 2. The largest absolute Gasteiger partial charge is 0.280 e. The first-order valence-corrected chi connectivity index (χ1v) is 12.1. The molecule has 0 aliphatic carbocycles. The number of hydrogen-bond donors (Lipinski definition) is 1. The first kappa shape index (κ1) is 21.0. The molecule has 1 aliphatic heterocycles. The molecule has 1 N–H and O–H groups in total.